The van der Waals surface area contributed by atoms with E-state index in [4.69, 9.17) is 4.74 Å². The fourth-order valence-corrected chi connectivity index (χ4v) is 5.99. The standard InChI is InChI=1S/C19H18BrF3N4O6S.Na/c1-7(28)33-5-9-6-34-17-12(16(30)27(17)14(9)18(31)32)24-10(29)4-26-13(8-2-3-8)11(20)15(25-26)19(21,22)23;/h8,12,17H,2-6H2,1H3,(H,24,29)(H,31,32);/q;+1/p-1. The Kier molecular flexibility index (Phi) is 8.36. The summed E-state index contributed by atoms with van der Waals surface area (Å²) in [5, 5.41) is 16.9. The molecule has 1 N–H and O–H groups in total. The summed E-state index contributed by atoms with van der Waals surface area (Å²) in [6.07, 6.45) is -3.36. The Labute approximate surface area is 231 Å². The van der Waals surface area contributed by atoms with E-state index in [2.05, 4.69) is 26.3 Å². The van der Waals surface area contributed by atoms with Gasteiger partial charge < -0.3 is 20.0 Å². The first-order valence-corrected chi connectivity index (χ1v) is 11.9. The Bertz CT molecular complexity index is 1120. The quantitative estimate of drug-likeness (QED) is 0.210. The molecule has 2 amide bonds. The second-order valence-electron chi connectivity index (χ2n) is 7.95. The molecule has 1 aliphatic carbocycles. The van der Waals surface area contributed by atoms with Crippen LogP contribution in [0.15, 0.2) is 15.7 Å². The van der Waals surface area contributed by atoms with Gasteiger partial charge in [0.05, 0.1) is 21.8 Å². The number of nitrogens with one attached hydrogen (secondary N) is 1. The van der Waals surface area contributed by atoms with Crippen LogP contribution in [-0.4, -0.2) is 62.2 Å². The van der Waals surface area contributed by atoms with E-state index < -0.39 is 59.3 Å². The number of fused-ring (bicyclic) bond motifs is 1. The minimum atomic E-state index is -4.70. The molecule has 2 fully saturated rings. The average molecular weight is 589 g/mol. The number of halogens is 4. The van der Waals surface area contributed by atoms with Crippen molar-refractivity contribution in [2.75, 3.05) is 12.4 Å². The maximum Gasteiger partial charge on any atom is 1.00 e. The zero-order valence-corrected chi connectivity index (χ0v) is 22.9. The molecule has 1 aromatic heterocycles. The normalized spacial score (nSPS) is 21.6. The van der Waals surface area contributed by atoms with Gasteiger partial charge in [0.15, 0.2) is 5.69 Å². The van der Waals surface area contributed by atoms with Gasteiger partial charge in [0, 0.05) is 24.2 Å². The molecule has 16 heteroatoms. The van der Waals surface area contributed by atoms with Crippen LogP contribution in [0.3, 0.4) is 0 Å². The number of ether oxygens (including phenoxy) is 1. The number of aromatic nitrogens is 2. The third kappa shape index (κ3) is 5.58. The Morgan fingerprint density at radius 1 is 1.31 bits per heavy atom. The minimum Gasteiger partial charge on any atom is -0.543 e. The van der Waals surface area contributed by atoms with Gasteiger partial charge in [0.2, 0.25) is 5.91 Å². The molecule has 1 saturated carbocycles. The zero-order valence-electron chi connectivity index (χ0n) is 18.5. The molecule has 1 aromatic rings. The monoisotopic (exact) mass is 588 g/mol. The summed E-state index contributed by atoms with van der Waals surface area (Å²) < 4.78 is 45.4. The number of carboxylic acid groups (broad SMARTS) is 1. The molecule has 1 saturated heterocycles. The SMILES string of the molecule is CC(=O)OCC1=C(C(=O)[O-])N2C(=O)C(NC(=O)Cn3nc(C(F)(F)F)c(Br)c3C3CC3)C2SC1.[Na+]. The molecule has 2 aliphatic heterocycles. The van der Waals surface area contributed by atoms with Gasteiger partial charge in [-0.05, 0) is 28.8 Å². The van der Waals surface area contributed by atoms with Gasteiger partial charge >= 0.3 is 41.7 Å². The first-order chi connectivity index (χ1) is 15.9. The van der Waals surface area contributed by atoms with Crippen molar-refractivity contribution >= 4 is 51.4 Å². The van der Waals surface area contributed by atoms with Crippen molar-refractivity contribution in [2.45, 2.75) is 49.8 Å². The van der Waals surface area contributed by atoms with Crippen molar-refractivity contribution in [3.63, 3.8) is 0 Å². The second-order valence-corrected chi connectivity index (χ2v) is 9.85. The van der Waals surface area contributed by atoms with Crippen LogP contribution < -0.4 is 40.0 Å². The molecule has 0 radical (unpaired) electrons. The summed E-state index contributed by atoms with van der Waals surface area (Å²) in [7, 11) is 0. The largest absolute Gasteiger partial charge is 1.00 e. The first-order valence-electron chi connectivity index (χ1n) is 10.0. The van der Waals surface area contributed by atoms with E-state index in [1.807, 2.05) is 0 Å². The van der Waals surface area contributed by atoms with Crippen molar-refractivity contribution in [3.8, 4) is 0 Å². The molecule has 4 rings (SSSR count). The Morgan fingerprint density at radius 3 is 2.51 bits per heavy atom. The predicted octanol–water partition coefficient (Wildman–Crippen LogP) is -2.49. The summed E-state index contributed by atoms with van der Waals surface area (Å²) in [6, 6.07) is -1.08. The zero-order chi connectivity index (χ0) is 24.9. The number of β-lactam (4-membered cyclic amide) rings is 1. The summed E-state index contributed by atoms with van der Waals surface area (Å²) in [6.45, 7) is 0.296. The number of aliphatic carboxylic acids is 1. The first kappa shape index (κ1) is 28.0. The summed E-state index contributed by atoms with van der Waals surface area (Å²) in [4.78, 5) is 48.9. The topological polar surface area (TPSA) is 134 Å². The molecule has 0 aromatic carbocycles. The number of hydrogen-bond donors (Lipinski definition) is 1. The van der Waals surface area contributed by atoms with Gasteiger partial charge in [-0.25, -0.2) is 0 Å². The van der Waals surface area contributed by atoms with E-state index in [-0.39, 0.29) is 63.6 Å². The van der Waals surface area contributed by atoms with Crippen LogP contribution >= 0.6 is 27.7 Å². The average Bonchev–Trinajstić information content (AvgIpc) is 3.51. The van der Waals surface area contributed by atoms with Crippen molar-refractivity contribution in [3.05, 3.63) is 27.1 Å². The molecule has 2 unspecified atom stereocenters. The molecule has 184 valence electrons. The third-order valence-corrected chi connectivity index (χ3v) is 7.59. The van der Waals surface area contributed by atoms with Gasteiger partial charge in [0.25, 0.3) is 5.91 Å². The second kappa shape index (κ2) is 10.4. The van der Waals surface area contributed by atoms with E-state index in [0.717, 1.165) is 28.3 Å². The van der Waals surface area contributed by atoms with E-state index in [1.54, 1.807) is 0 Å². The van der Waals surface area contributed by atoms with Crippen LogP contribution in [0, 0.1) is 0 Å². The Morgan fingerprint density at radius 2 is 1.97 bits per heavy atom. The smallest absolute Gasteiger partial charge is 0.543 e. The number of nitrogens with zero attached hydrogens (tertiary/aromatic N) is 3. The maximum absolute atomic E-state index is 13.3. The van der Waals surface area contributed by atoms with Gasteiger partial charge in [-0.2, -0.15) is 18.3 Å². The number of rotatable bonds is 7. The molecule has 0 spiro atoms. The van der Waals surface area contributed by atoms with Gasteiger partial charge in [-0.15, -0.1) is 11.8 Å². The fraction of sp³-hybridized carbons (Fsp3) is 0.526. The maximum atomic E-state index is 13.3. The van der Waals surface area contributed by atoms with Gasteiger partial charge in [0.1, 0.15) is 24.6 Å². The number of carbonyl (C=O) groups excluding carboxylic acids is 4. The van der Waals surface area contributed by atoms with Crippen LogP contribution in [0.1, 0.15) is 37.1 Å². The third-order valence-electron chi connectivity index (χ3n) is 5.46. The fourth-order valence-electron chi connectivity index (χ4n) is 3.83. The number of amides is 2. The van der Waals surface area contributed by atoms with E-state index in [0.29, 0.717) is 12.8 Å². The van der Waals surface area contributed by atoms with Gasteiger partial charge in [-0.3, -0.25) is 24.0 Å². The van der Waals surface area contributed by atoms with Crippen LogP contribution in [0.5, 0.6) is 0 Å². The van der Waals surface area contributed by atoms with Crippen molar-refractivity contribution in [1.82, 2.24) is 20.0 Å². The van der Waals surface area contributed by atoms with Crippen molar-refractivity contribution < 1.29 is 71.8 Å². The molecular weight excluding hydrogens is 572 g/mol. The van der Waals surface area contributed by atoms with Crippen LogP contribution in [0.25, 0.3) is 0 Å². The predicted molar refractivity (Wildman–Crippen MR) is 111 cm³/mol. The van der Waals surface area contributed by atoms with Crippen LogP contribution in [0.4, 0.5) is 13.2 Å². The molecule has 0 bridgehead atoms. The number of thioether (sulfide) groups is 1. The van der Waals surface area contributed by atoms with Gasteiger partial charge in [-0.1, -0.05) is 0 Å². The Hall–Kier alpha value is -1.55. The van der Waals surface area contributed by atoms with E-state index in [1.165, 1.54) is 0 Å². The van der Waals surface area contributed by atoms with E-state index in [9.17, 15) is 37.5 Å². The van der Waals surface area contributed by atoms with Crippen molar-refractivity contribution in [1.29, 1.82) is 0 Å². The van der Waals surface area contributed by atoms with Crippen LogP contribution in [0.2, 0.25) is 0 Å². The van der Waals surface area contributed by atoms with Crippen LogP contribution in [-0.2, 0) is 36.6 Å². The molecule has 10 nitrogen and oxygen atoms in total. The minimum absolute atomic E-state index is 0. The number of carboxylic acids is 1. The number of esters is 1. The van der Waals surface area contributed by atoms with Crippen molar-refractivity contribution in [2.24, 2.45) is 0 Å². The molecular formula is C19H17BrF3N4NaO6S. The van der Waals surface area contributed by atoms with E-state index >= 15 is 0 Å². The summed E-state index contributed by atoms with van der Waals surface area (Å²) in [5.41, 5.74) is -1.08. The molecule has 35 heavy (non-hydrogen) atoms. The molecule has 3 aliphatic rings. The number of hydrogen-bond acceptors (Lipinski definition) is 8. The molecule has 3 heterocycles. The summed E-state index contributed by atoms with van der Waals surface area (Å²) >= 11 is 4.10. The summed E-state index contributed by atoms with van der Waals surface area (Å²) in [5.74, 6) is -3.74. The molecule has 2 atom stereocenters. The Balaban J connectivity index is 0.00000342. The number of alkyl halides is 3. The number of carbonyl (C=O) groups is 4.